The van der Waals surface area contributed by atoms with E-state index in [1.165, 1.54) is 0 Å². The van der Waals surface area contributed by atoms with Gasteiger partial charge in [0.05, 0.1) is 29.9 Å². The van der Waals surface area contributed by atoms with Gasteiger partial charge in [-0.15, -0.1) is 0 Å². The number of imidazole rings is 1. The fourth-order valence-electron chi connectivity index (χ4n) is 4.53. The van der Waals surface area contributed by atoms with Crippen molar-refractivity contribution in [2.45, 2.75) is 51.4 Å². The Bertz CT molecular complexity index is 1000. The molecule has 2 fully saturated rings. The minimum atomic E-state index is 0.0415. The Morgan fingerprint density at radius 1 is 1.15 bits per heavy atom. The highest BCUT2D eigenvalue weighted by atomic mass is 35.5. The first kappa shape index (κ1) is 17.4. The minimum Gasteiger partial charge on any atom is -0.378 e. The van der Waals surface area contributed by atoms with Crippen molar-refractivity contribution in [3.05, 3.63) is 35.2 Å². The molecule has 0 bridgehead atoms. The van der Waals surface area contributed by atoms with Gasteiger partial charge in [0.15, 0.2) is 0 Å². The molecule has 2 aliphatic rings. The Labute approximate surface area is 163 Å². The Morgan fingerprint density at radius 2 is 2.04 bits per heavy atom. The molecule has 0 N–H and O–H groups in total. The van der Waals surface area contributed by atoms with Gasteiger partial charge in [0.25, 0.3) is 0 Å². The highest BCUT2D eigenvalue weighted by Crippen LogP contribution is 2.39. The lowest BCUT2D eigenvalue weighted by Gasteiger charge is -2.31. The first-order valence-electron chi connectivity index (χ1n) is 9.79. The summed E-state index contributed by atoms with van der Waals surface area (Å²) in [4.78, 5) is 9.61. The average Bonchev–Trinajstić information content (AvgIpc) is 3.25. The van der Waals surface area contributed by atoms with Gasteiger partial charge in [0.2, 0.25) is 0 Å². The summed E-state index contributed by atoms with van der Waals surface area (Å²) in [5.41, 5.74) is 2.99. The number of aromatic nitrogens is 3. The van der Waals surface area contributed by atoms with E-state index in [1.54, 1.807) is 0 Å². The predicted molar refractivity (Wildman–Crippen MR) is 106 cm³/mol. The number of rotatable bonds is 2. The summed E-state index contributed by atoms with van der Waals surface area (Å²) in [6.45, 7) is 5.95. The molecule has 2 aromatic heterocycles. The number of halogens is 1. The third-order valence-electron chi connectivity index (χ3n) is 5.81. The van der Waals surface area contributed by atoms with Gasteiger partial charge in [0.1, 0.15) is 17.4 Å². The molecule has 6 heteroatoms. The molecule has 1 aromatic carbocycles. The number of ether oxygens (including phenoxy) is 2. The van der Waals surface area contributed by atoms with E-state index in [2.05, 4.69) is 23.4 Å². The first-order chi connectivity index (χ1) is 13.1. The zero-order valence-corrected chi connectivity index (χ0v) is 16.4. The Hall–Kier alpha value is -1.69. The molecule has 0 aliphatic carbocycles. The smallest absolute Gasteiger partial charge is 0.139 e. The largest absolute Gasteiger partial charge is 0.378 e. The van der Waals surface area contributed by atoms with Crippen molar-refractivity contribution in [3.8, 4) is 0 Å². The Morgan fingerprint density at radius 3 is 2.81 bits per heavy atom. The number of fused-ring (bicyclic) bond motifs is 3. The maximum atomic E-state index is 6.33. The maximum absolute atomic E-state index is 6.33. The van der Waals surface area contributed by atoms with Crippen molar-refractivity contribution in [2.75, 3.05) is 13.2 Å². The van der Waals surface area contributed by atoms with Gasteiger partial charge in [-0.1, -0.05) is 18.5 Å². The molecule has 4 atom stereocenters. The standard InChI is InChI=1S/C21H24ClN3O2/c1-12-7-19(27-11-12)21-24-18-10-23-17-4-3-14(22)9-16(17)20(18)25(21)15-5-6-26-13(2)8-15/h3-4,9-10,12-13,15,19H,5-8,11H2,1-2H3/t12?,13-,15-,19?/m1/s1. The summed E-state index contributed by atoms with van der Waals surface area (Å²) in [5.74, 6) is 1.59. The van der Waals surface area contributed by atoms with Crippen molar-refractivity contribution < 1.29 is 9.47 Å². The summed E-state index contributed by atoms with van der Waals surface area (Å²) in [6.07, 6.45) is 5.13. The molecule has 5 rings (SSSR count). The second-order valence-electron chi connectivity index (χ2n) is 8.02. The molecule has 2 aliphatic heterocycles. The molecule has 5 nitrogen and oxygen atoms in total. The normalized spacial score (nSPS) is 29.0. The van der Waals surface area contributed by atoms with E-state index in [4.69, 9.17) is 26.1 Å². The van der Waals surface area contributed by atoms with Gasteiger partial charge in [0, 0.05) is 23.1 Å². The van der Waals surface area contributed by atoms with Crippen LogP contribution in [-0.2, 0) is 9.47 Å². The topological polar surface area (TPSA) is 49.2 Å². The van der Waals surface area contributed by atoms with Crippen molar-refractivity contribution in [3.63, 3.8) is 0 Å². The highest BCUT2D eigenvalue weighted by Gasteiger charge is 2.33. The zero-order chi connectivity index (χ0) is 18.5. The van der Waals surface area contributed by atoms with Crippen LogP contribution in [0.2, 0.25) is 5.02 Å². The number of nitrogens with zero attached hydrogens (tertiary/aromatic N) is 3. The molecular formula is C21H24ClN3O2. The average molecular weight is 386 g/mol. The fraction of sp³-hybridized carbons (Fsp3) is 0.524. The lowest BCUT2D eigenvalue weighted by atomic mass is 10.0. The summed E-state index contributed by atoms with van der Waals surface area (Å²) in [6, 6.07) is 6.23. The van der Waals surface area contributed by atoms with Crippen LogP contribution in [0.15, 0.2) is 24.4 Å². The molecule has 2 unspecified atom stereocenters. The van der Waals surface area contributed by atoms with Crippen LogP contribution < -0.4 is 0 Å². The van der Waals surface area contributed by atoms with E-state index in [0.717, 1.165) is 65.3 Å². The molecule has 142 valence electrons. The molecule has 3 aromatic rings. The van der Waals surface area contributed by atoms with Crippen LogP contribution in [0.5, 0.6) is 0 Å². The highest BCUT2D eigenvalue weighted by molar-refractivity contribution is 6.31. The van der Waals surface area contributed by atoms with Crippen molar-refractivity contribution in [1.82, 2.24) is 14.5 Å². The van der Waals surface area contributed by atoms with E-state index in [-0.39, 0.29) is 12.2 Å². The summed E-state index contributed by atoms with van der Waals surface area (Å²) in [5, 5.41) is 1.78. The van der Waals surface area contributed by atoms with E-state index in [9.17, 15) is 0 Å². The summed E-state index contributed by atoms with van der Waals surface area (Å²) >= 11 is 6.33. The van der Waals surface area contributed by atoms with Gasteiger partial charge < -0.3 is 14.0 Å². The van der Waals surface area contributed by atoms with Crippen LogP contribution in [-0.4, -0.2) is 33.9 Å². The fourth-order valence-corrected chi connectivity index (χ4v) is 4.71. The monoisotopic (exact) mass is 385 g/mol. The van der Waals surface area contributed by atoms with Crippen LogP contribution in [0.4, 0.5) is 0 Å². The first-order valence-corrected chi connectivity index (χ1v) is 10.2. The quantitative estimate of drug-likeness (QED) is 0.617. The lowest BCUT2D eigenvalue weighted by molar-refractivity contribution is 0.00415. The molecule has 4 heterocycles. The van der Waals surface area contributed by atoms with Crippen LogP contribution in [0.25, 0.3) is 21.9 Å². The van der Waals surface area contributed by atoms with Crippen LogP contribution in [0, 0.1) is 5.92 Å². The molecule has 0 radical (unpaired) electrons. The van der Waals surface area contributed by atoms with Gasteiger partial charge in [-0.25, -0.2) is 4.98 Å². The van der Waals surface area contributed by atoms with Crippen molar-refractivity contribution >= 4 is 33.5 Å². The molecule has 0 saturated carbocycles. The van der Waals surface area contributed by atoms with Gasteiger partial charge in [-0.2, -0.15) is 0 Å². The molecule has 0 amide bonds. The van der Waals surface area contributed by atoms with E-state index in [0.29, 0.717) is 12.0 Å². The van der Waals surface area contributed by atoms with Crippen molar-refractivity contribution in [2.24, 2.45) is 5.92 Å². The number of hydrogen-bond donors (Lipinski definition) is 0. The van der Waals surface area contributed by atoms with Crippen molar-refractivity contribution in [1.29, 1.82) is 0 Å². The summed E-state index contributed by atoms with van der Waals surface area (Å²) < 4.78 is 14.3. The minimum absolute atomic E-state index is 0.0415. The molecule has 27 heavy (non-hydrogen) atoms. The number of benzene rings is 1. The Balaban J connectivity index is 1.76. The summed E-state index contributed by atoms with van der Waals surface area (Å²) in [7, 11) is 0. The maximum Gasteiger partial charge on any atom is 0.139 e. The third-order valence-corrected chi connectivity index (χ3v) is 6.05. The lowest BCUT2D eigenvalue weighted by Crippen LogP contribution is -2.27. The SMILES string of the molecule is CC1COC(c2nc3cnc4ccc(Cl)cc4c3n2[C@@H]2CCO[C@H](C)C2)C1. The number of hydrogen-bond acceptors (Lipinski definition) is 4. The second kappa shape index (κ2) is 6.73. The molecule has 2 saturated heterocycles. The molecular weight excluding hydrogens is 362 g/mol. The Kier molecular flexibility index (Phi) is 4.34. The van der Waals surface area contributed by atoms with Gasteiger partial charge in [-0.05, 0) is 50.3 Å². The van der Waals surface area contributed by atoms with E-state index >= 15 is 0 Å². The number of pyridine rings is 1. The zero-order valence-electron chi connectivity index (χ0n) is 15.7. The second-order valence-corrected chi connectivity index (χ2v) is 8.45. The predicted octanol–water partition coefficient (Wildman–Crippen LogP) is 5.08. The van der Waals surface area contributed by atoms with Crippen LogP contribution >= 0.6 is 11.6 Å². The van der Waals surface area contributed by atoms with Crippen LogP contribution in [0.1, 0.15) is 51.1 Å². The molecule has 0 spiro atoms. The van der Waals surface area contributed by atoms with E-state index in [1.807, 2.05) is 24.4 Å². The van der Waals surface area contributed by atoms with Crippen LogP contribution in [0.3, 0.4) is 0 Å². The van der Waals surface area contributed by atoms with Gasteiger partial charge >= 0.3 is 0 Å². The van der Waals surface area contributed by atoms with E-state index < -0.39 is 0 Å². The van der Waals surface area contributed by atoms with Gasteiger partial charge in [-0.3, -0.25) is 4.98 Å². The third kappa shape index (κ3) is 3.02.